The van der Waals surface area contributed by atoms with E-state index in [9.17, 15) is 10.1 Å². The molecule has 17 heavy (non-hydrogen) atoms. The van der Waals surface area contributed by atoms with Crippen LogP contribution in [0.25, 0.3) is 0 Å². The second kappa shape index (κ2) is 4.67. The van der Waals surface area contributed by atoms with E-state index in [1.807, 2.05) is 36.7 Å². The van der Waals surface area contributed by atoms with Gasteiger partial charge in [0.15, 0.2) is 0 Å². The molecule has 2 heterocycles. The summed E-state index contributed by atoms with van der Waals surface area (Å²) < 4.78 is 1.74. The molecule has 0 amide bonds. The smallest absolute Gasteiger partial charge is 0.230 e. The van der Waals surface area contributed by atoms with Gasteiger partial charge in [0.05, 0.1) is 5.69 Å². The molecule has 5 nitrogen and oxygen atoms in total. The number of thiophene rings is 1. The van der Waals surface area contributed by atoms with Gasteiger partial charge < -0.3 is 0 Å². The molecule has 0 aliphatic rings. The van der Waals surface area contributed by atoms with Crippen molar-refractivity contribution in [2.75, 3.05) is 6.54 Å². The first-order chi connectivity index (χ1) is 8.08. The summed E-state index contributed by atoms with van der Waals surface area (Å²) in [5.74, 6) is 0. The lowest BCUT2D eigenvalue weighted by Gasteiger charge is -2.14. The summed E-state index contributed by atoms with van der Waals surface area (Å²) in [5.41, 5.74) is 2.77. The highest BCUT2D eigenvalue weighted by Crippen LogP contribution is 2.22. The molecule has 6 heteroatoms. The summed E-state index contributed by atoms with van der Waals surface area (Å²) in [6.45, 7) is 3.67. The summed E-state index contributed by atoms with van der Waals surface area (Å²) in [6, 6.07) is 3.53. The van der Waals surface area contributed by atoms with Crippen LogP contribution in [0.5, 0.6) is 0 Å². The summed E-state index contributed by atoms with van der Waals surface area (Å²) in [5, 5.41) is 19.0. The monoisotopic (exact) mass is 251 g/mol. The highest BCUT2D eigenvalue weighted by Gasteiger charge is 2.22. The maximum Gasteiger partial charge on any atom is 0.230 e. The van der Waals surface area contributed by atoms with E-state index in [0.29, 0.717) is 0 Å². The standard InChI is InChI=1S/C11H13N3O2S/c1-8-5-9(2)14(12-8)11(6-13(15)16)10-3-4-17-7-10/h3-5,7,11H,6H2,1-2H3. The molecule has 0 bridgehead atoms. The van der Waals surface area contributed by atoms with Crippen LogP contribution in [0.15, 0.2) is 22.9 Å². The van der Waals surface area contributed by atoms with Crippen LogP contribution in [0, 0.1) is 24.0 Å². The van der Waals surface area contributed by atoms with Gasteiger partial charge in [-0.1, -0.05) is 0 Å². The first kappa shape index (κ1) is 11.8. The summed E-state index contributed by atoms with van der Waals surface area (Å²) in [4.78, 5) is 10.5. The third-order valence-corrected chi connectivity index (χ3v) is 3.29. The number of aromatic nitrogens is 2. The van der Waals surface area contributed by atoms with Gasteiger partial charge >= 0.3 is 0 Å². The summed E-state index contributed by atoms with van der Waals surface area (Å²) in [6.07, 6.45) is 0. The molecule has 90 valence electrons. The van der Waals surface area contributed by atoms with Crippen molar-refractivity contribution < 1.29 is 4.92 Å². The average Bonchev–Trinajstić information content (AvgIpc) is 2.84. The van der Waals surface area contributed by atoms with Crippen LogP contribution < -0.4 is 0 Å². The largest absolute Gasteiger partial charge is 0.264 e. The maximum atomic E-state index is 10.8. The fourth-order valence-corrected chi connectivity index (χ4v) is 2.60. The van der Waals surface area contributed by atoms with E-state index in [0.717, 1.165) is 17.0 Å². The SMILES string of the molecule is Cc1cc(C)n(C(C[N+](=O)[O-])c2ccsc2)n1. The van der Waals surface area contributed by atoms with Gasteiger partial charge in [0, 0.05) is 10.6 Å². The van der Waals surface area contributed by atoms with Gasteiger partial charge in [0.25, 0.3) is 0 Å². The Morgan fingerprint density at radius 1 is 1.59 bits per heavy atom. The van der Waals surface area contributed by atoms with E-state index in [4.69, 9.17) is 0 Å². The Balaban J connectivity index is 2.40. The van der Waals surface area contributed by atoms with Gasteiger partial charge in [0.1, 0.15) is 6.04 Å². The second-order valence-corrected chi connectivity index (χ2v) is 4.74. The fraction of sp³-hybridized carbons (Fsp3) is 0.364. The molecule has 2 aromatic rings. The van der Waals surface area contributed by atoms with Crippen molar-refractivity contribution in [3.8, 4) is 0 Å². The van der Waals surface area contributed by atoms with Crippen molar-refractivity contribution in [1.82, 2.24) is 9.78 Å². The zero-order valence-electron chi connectivity index (χ0n) is 9.66. The number of nitrogens with zero attached hydrogens (tertiary/aromatic N) is 3. The Labute approximate surface area is 103 Å². The predicted molar refractivity (Wildman–Crippen MR) is 66.0 cm³/mol. The minimum Gasteiger partial charge on any atom is -0.264 e. The molecule has 0 saturated heterocycles. The molecule has 2 aromatic heterocycles. The molecule has 0 aliphatic carbocycles. The van der Waals surface area contributed by atoms with Crippen molar-refractivity contribution >= 4 is 11.3 Å². The zero-order chi connectivity index (χ0) is 12.4. The highest BCUT2D eigenvalue weighted by molar-refractivity contribution is 7.07. The van der Waals surface area contributed by atoms with E-state index < -0.39 is 0 Å². The van der Waals surface area contributed by atoms with Crippen molar-refractivity contribution in [2.24, 2.45) is 0 Å². The van der Waals surface area contributed by atoms with Gasteiger partial charge in [0.2, 0.25) is 6.54 Å². The molecule has 0 aromatic carbocycles. The third-order valence-electron chi connectivity index (χ3n) is 2.59. The Bertz CT molecular complexity index is 519. The van der Waals surface area contributed by atoms with E-state index in [2.05, 4.69) is 5.10 Å². The van der Waals surface area contributed by atoms with Gasteiger partial charge in [-0.25, -0.2) is 0 Å². The molecule has 0 spiro atoms. The normalized spacial score (nSPS) is 12.6. The van der Waals surface area contributed by atoms with Crippen molar-refractivity contribution in [3.05, 3.63) is 50.0 Å². The fourth-order valence-electron chi connectivity index (χ4n) is 1.89. The van der Waals surface area contributed by atoms with Crippen molar-refractivity contribution in [3.63, 3.8) is 0 Å². The number of aryl methyl sites for hydroxylation is 2. The molecule has 0 saturated carbocycles. The minimum atomic E-state index is -0.315. The second-order valence-electron chi connectivity index (χ2n) is 3.96. The first-order valence-corrected chi connectivity index (χ1v) is 6.19. The number of hydrogen-bond acceptors (Lipinski definition) is 4. The molecule has 2 rings (SSSR count). The molecule has 0 aliphatic heterocycles. The summed E-state index contributed by atoms with van der Waals surface area (Å²) in [7, 11) is 0. The molecule has 0 fully saturated rings. The molecule has 1 unspecified atom stereocenters. The van der Waals surface area contributed by atoms with Crippen LogP contribution in [0.2, 0.25) is 0 Å². The molecule has 1 atom stereocenters. The number of nitro groups is 1. The lowest BCUT2D eigenvalue weighted by atomic mass is 10.1. The van der Waals surface area contributed by atoms with Crippen LogP contribution in [-0.4, -0.2) is 21.2 Å². The lowest BCUT2D eigenvalue weighted by molar-refractivity contribution is -0.484. The summed E-state index contributed by atoms with van der Waals surface area (Å²) >= 11 is 1.54. The molecule has 0 N–H and O–H groups in total. The van der Waals surface area contributed by atoms with Gasteiger partial charge in [-0.3, -0.25) is 14.8 Å². The Kier molecular flexibility index (Phi) is 3.23. The van der Waals surface area contributed by atoms with Gasteiger partial charge in [-0.15, -0.1) is 0 Å². The lowest BCUT2D eigenvalue weighted by Crippen LogP contribution is -2.21. The van der Waals surface area contributed by atoms with Crippen molar-refractivity contribution in [2.45, 2.75) is 19.9 Å². The van der Waals surface area contributed by atoms with E-state index in [-0.39, 0.29) is 17.5 Å². The zero-order valence-corrected chi connectivity index (χ0v) is 10.5. The third kappa shape index (κ3) is 2.52. The Morgan fingerprint density at radius 3 is 2.82 bits per heavy atom. The first-order valence-electron chi connectivity index (χ1n) is 5.24. The molecular weight excluding hydrogens is 238 g/mol. The van der Waals surface area contributed by atoms with Crippen LogP contribution in [0.1, 0.15) is 23.0 Å². The van der Waals surface area contributed by atoms with Crippen LogP contribution in [-0.2, 0) is 0 Å². The number of hydrogen-bond donors (Lipinski definition) is 0. The maximum absolute atomic E-state index is 10.8. The van der Waals surface area contributed by atoms with Crippen LogP contribution in [0.3, 0.4) is 0 Å². The number of rotatable bonds is 4. The highest BCUT2D eigenvalue weighted by atomic mass is 32.1. The van der Waals surface area contributed by atoms with Crippen LogP contribution in [0.4, 0.5) is 0 Å². The molecule has 0 radical (unpaired) electrons. The van der Waals surface area contributed by atoms with Crippen molar-refractivity contribution in [1.29, 1.82) is 0 Å². The minimum absolute atomic E-state index is 0.140. The average molecular weight is 251 g/mol. The van der Waals surface area contributed by atoms with E-state index >= 15 is 0 Å². The predicted octanol–water partition coefficient (Wildman–Crippen LogP) is 2.43. The quantitative estimate of drug-likeness (QED) is 0.619. The van der Waals surface area contributed by atoms with Gasteiger partial charge in [-0.2, -0.15) is 16.4 Å². The van der Waals surface area contributed by atoms with Gasteiger partial charge in [-0.05, 0) is 42.3 Å². The van der Waals surface area contributed by atoms with E-state index in [1.54, 1.807) is 4.68 Å². The molecular formula is C11H13N3O2S. The topological polar surface area (TPSA) is 61.0 Å². The van der Waals surface area contributed by atoms with Crippen LogP contribution >= 0.6 is 11.3 Å². The Hall–Kier alpha value is -1.69. The Morgan fingerprint density at radius 2 is 2.35 bits per heavy atom. The van der Waals surface area contributed by atoms with E-state index in [1.165, 1.54) is 11.3 Å².